The fourth-order valence-electron chi connectivity index (χ4n) is 6.67. The van der Waals surface area contributed by atoms with Crippen LogP contribution in [-0.2, 0) is 23.9 Å². The third-order valence-corrected chi connectivity index (χ3v) is 8.32. The van der Waals surface area contributed by atoms with Crippen molar-refractivity contribution >= 4 is 17.8 Å². The largest absolute Gasteiger partial charge is 0.465 e. The number of carbonyl (C=O) groups excluding carboxylic acids is 3. The second kappa shape index (κ2) is 10.3. The van der Waals surface area contributed by atoms with Crippen LogP contribution in [0.3, 0.4) is 0 Å². The van der Waals surface area contributed by atoms with Crippen LogP contribution in [0.5, 0.6) is 0 Å². The number of rotatable bonds is 6. The van der Waals surface area contributed by atoms with E-state index in [1.54, 1.807) is 9.80 Å². The quantitative estimate of drug-likeness (QED) is 0.443. The molecule has 8 heteroatoms. The van der Waals surface area contributed by atoms with Crippen molar-refractivity contribution in [1.82, 2.24) is 9.80 Å². The Morgan fingerprint density at radius 3 is 2.44 bits per heavy atom. The van der Waals surface area contributed by atoms with E-state index >= 15 is 0 Å². The lowest BCUT2D eigenvalue weighted by Gasteiger charge is -2.41. The highest BCUT2D eigenvalue weighted by atomic mass is 16.6. The van der Waals surface area contributed by atoms with E-state index in [4.69, 9.17) is 9.47 Å². The minimum absolute atomic E-state index is 0.0851. The molecule has 1 spiro atoms. The Labute approximate surface area is 214 Å². The molecule has 2 saturated heterocycles. The monoisotopic (exact) mass is 502 g/mol. The van der Waals surface area contributed by atoms with E-state index < -0.39 is 41.1 Å². The first-order chi connectivity index (χ1) is 17.1. The molecule has 6 atom stereocenters. The first-order valence-electron chi connectivity index (χ1n) is 13.6. The number of amides is 2. The molecular weight excluding hydrogens is 460 g/mol. The van der Waals surface area contributed by atoms with E-state index in [2.05, 4.69) is 0 Å². The number of aliphatic hydroxyl groups excluding tert-OH is 1. The average molecular weight is 503 g/mol. The first kappa shape index (κ1) is 26.9. The number of fused-ring (bicyclic) bond motifs is 2. The number of nitrogens with zero attached hydrogens (tertiary/aromatic N) is 2. The number of carbonyl (C=O) groups is 3. The van der Waals surface area contributed by atoms with Gasteiger partial charge in [0.2, 0.25) is 11.8 Å². The molecule has 0 aliphatic carbocycles. The van der Waals surface area contributed by atoms with Gasteiger partial charge in [-0.05, 0) is 51.9 Å². The summed E-state index contributed by atoms with van der Waals surface area (Å²) >= 11 is 0. The third-order valence-electron chi connectivity index (χ3n) is 8.32. The van der Waals surface area contributed by atoms with Crippen LogP contribution in [0.15, 0.2) is 24.3 Å². The summed E-state index contributed by atoms with van der Waals surface area (Å²) in [5.74, 6) is -2.56. The highest BCUT2D eigenvalue weighted by molar-refractivity contribution is 5.99. The zero-order chi connectivity index (χ0) is 26.3. The molecule has 4 aliphatic heterocycles. The summed E-state index contributed by atoms with van der Waals surface area (Å²) < 4.78 is 12.6. The number of likely N-dealkylation sites (tertiary alicyclic amines) is 1. The van der Waals surface area contributed by atoms with Crippen molar-refractivity contribution in [1.29, 1.82) is 0 Å². The van der Waals surface area contributed by atoms with E-state index in [1.807, 2.05) is 58.9 Å². The molecule has 4 aliphatic rings. The van der Waals surface area contributed by atoms with Crippen LogP contribution in [0, 0.1) is 17.8 Å². The Hall–Kier alpha value is -2.19. The molecule has 2 amide bonds. The summed E-state index contributed by atoms with van der Waals surface area (Å²) in [7, 11) is 0. The molecule has 0 aromatic carbocycles. The van der Waals surface area contributed by atoms with Crippen molar-refractivity contribution in [3.63, 3.8) is 0 Å². The predicted molar refractivity (Wildman–Crippen MR) is 135 cm³/mol. The van der Waals surface area contributed by atoms with Gasteiger partial charge in [-0.25, -0.2) is 0 Å². The number of cyclic esters (lactones) is 1. The van der Waals surface area contributed by atoms with Crippen LogP contribution in [-0.4, -0.2) is 81.8 Å². The van der Waals surface area contributed by atoms with E-state index in [1.165, 1.54) is 0 Å². The van der Waals surface area contributed by atoms with Gasteiger partial charge in [0, 0.05) is 12.6 Å². The Balaban J connectivity index is 1.92. The van der Waals surface area contributed by atoms with Gasteiger partial charge in [0.1, 0.15) is 23.2 Å². The van der Waals surface area contributed by atoms with Crippen LogP contribution < -0.4 is 0 Å². The molecule has 8 nitrogen and oxygen atoms in total. The minimum atomic E-state index is -1.32. The van der Waals surface area contributed by atoms with E-state index in [9.17, 15) is 19.5 Å². The lowest BCUT2D eigenvalue weighted by Crippen LogP contribution is -2.59. The standard InChI is InChI=1S/C28H42N2O6/c1-6-27-12-9-7-8-10-15-35-26(34)22(27)21-24(32)30(20(17-31)16-18(2)3)23-25(33)29(19(4)5)14-11-13-28(21,23)36-27/h9,11-13,18-23,31H,6-8,10,14-17H2,1-5H3/b12-9-/t20-,21+,22+,23?,27-,28+/m1/s1. The maximum atomic E-state index is 14.4. The summed E-state index contributed by atoms with van der Waals surface area (Å²) in [5.41, 5.74) is -2.37. The number of ether oxygens (including phenoxy) is 2. The molecule has 0 saturated carbocycles. The van der Waals surface area contributed by atoms with Crippen LogP contribution in [0.1, 0.15) is 66.7 Å². The highest BCUT2D eigenvalue weighted by Gasteiger charge is 2.75. The summed E-state index contributed by atoms with van der Waals surface area (Å²) in [6, 6.07) is -1.60. The Morgan fingerprint density at radius 2 is 1.81 bits per heavy atom. The molecule has 0 radical (unpaired) electrons. The summed E-state index contributed by atoms with van der Waals surface area (Å²) in [5, 5.41) is 10.4. The fraction of sp³-hybridized carbons (Fsp3) is 0.750. The van der Waals surface area contributed by atoms with Crippen LogP contribution >= 0.6 is 0 Å². The van der Waals surface area contributed by atoms with E-state index in [-0.39, 0.29) is 30.4 Å². The fourth-order valence-corrected chi connectivity index (χ4v) is 6.67. The highest BCUT2D eigenvalue weighted by Crippen LogP contribution is 2.58. The molecule has 1 N–H and O–H groups in total. The lowest BCUT2D eigenvalue weighted by molar-refractivity contribution is -0.164. The van der Waals surface area contributed by atoms with Gasteiger partial charge in [0.15, 0.2) is 0 Å². The number of hydrogen-bond acceptors (Lipinski definition) is 6. The van der Waals surface area contributed by atoms with Gasteiger partial charge in [0.25, 0.3) is 0 Å². The topological polar surface area (TPSA) is 96.4 Å². The zero-order valence-electron chi connectivity index (χ0n) is 22.3. The van der Waals surface area contributed by atoms with Crippen molar-refractivity contribution in [2.24, 2.45) is 17.8 Å². The van der Waals surface area contributed by atoms with Crippen molar-refractivity contribution in [2.75, 3.05) is 19.8 Å². The molecule has 36 heavy (non-hydrogen) atoms. The van der Waals surface area contributed by atoms with Crippen molar-refractivity contribution < 1.29 is 29.0 Å². The smallest absolute Gasteiger partial charge is 0.313 e. The van der Waals surface area contributed by atoms with Gasteiger partial charge >= 0.3 is 5.97 Å². The normalized spacial score (nSPS) is 36.4. The molecule has 1 unspecified atom stereocenters. The van der Waals surface area contributed by atoms with Crippen LogP contribution in [0.25, 0.3) is 0 Å². The molecule has 0 aromatic heterocycles. The van der Waals surface area contributed by atoms with Gasteiger partial charge in [-0.1, -0.05) is 45.1 Å². The molecule has 4 rings (SSSR count). The Bertz CT molecular complexity index is 929. The van der Waals surface area contributed by atoms with Crippen LogP contribution in [0.4, 0.5) is 0 Å². The maximum Gasteiger partial charge on any atom is 0.313 e. The van der Waals surface area contributed by atoms with Gasteiger partial charge in [-0.15, -0.1) is 0 Å². The first-order valence-corrected chi connectivity index (χ1v) is 13.6. The summed E-state index contributed by atoms with van der Waals surface area (Å²) in [6.07, 6.45) is 11.2. The van der Waals surface area contributed by atoms with Crippen molar-refractivity contribution in [3.8, 4) is 0 Å². The molecule has 4 heterocycles. The molecule has 0 bridgehead atoms. The molecule has 200 valence electrons. The van der Waals surface area contributed by atoms with Gasteiger partial charge in [-0.3, -0.25) is 14.4 Å². The van der Waals surface area contributed by atoms with Crippen LogP contribution in [0.2, 0.25) is 0 Å². The Morgan fingerprint density at radius 1 is 1.06 bits per heavy atom. The number of aliphatic hydroxyl groups is 1. The summed E-state index contributed by atoms with van der Waals surface area (Å²) in [4.78, 5) is 45.5. The number of esters is 1. The van der Waals surface area contributed by atoms with Crippen molar-refractivity contribution in [2.45, 2.75) is 96.1 Å². The zero-order valence-corrected chi connectivity index (χ0v) is 22.3. The van der Waals surface area contributed by atoms with E-state index in [0.29, 0.717) is 26.0 Å². The van der Waals surface area contributed by atoms with Crippen molar-refractivity contribution in [3.05, 3.63) is 24.3 Å². The van der Waals surface area contributed by atoms with Gasteiger partial charge < -0.3 is 24.4 Å². The van der Waals surface area contributed by atoms with E-state index in [0.717, 1.165) is 19.3 Å². The third kappa shape index (κ3) is 4.20. The van der Waals surface area contributed by atoms with Gasteiger partial charge in [0.05, 0.1) is 25.2 Å². The number of allylic oxidation sites excluding steroid dienone is 1. The molecule has 2 fully saturated rings. The van der Waals surface area contributed by atoms with Gasteiger partial charge in [-0.2, -0.15) is 0 Å². The molecular formula is C28H42N2O6. The Kier molecular flexibility index (Phi) is 7.68. The summed E-state index contributed by atoms with van der Waals surface area (Å²) in [6.45, 7) is 10.3. The maximum absolute atomic E-state index is 14.4. The second-order valence-electron chi connectivity index (χ2n) is 11.4. The predicted octanol–water partition coefficient (Wildman–Crippen LogP) is 2.84. The average Bonchev–Trinajstić information content (AvgIpc) is 3.19. The molecule has 0 aromatic rings. The second-order valence-corrected chi connectivity index (χ2v) is 11.4. The SMILES string of the molecule is CC[C@@]12/C=C\CCCCOC(=O)[C@@H]1[C@H]1C(=O)N([C@@H](CO)CC(C)C)C3C(=O)N(C(C)C)CC=C[C@@]31O2. The minimum Gasteiger partial charge on any atom is -0.465 e. The number of hydrogen-bond donors (Lipinski definition) is 1. The lowest BCUT2D eigenvalue weighted by atomic mass is 9.73.